The summed E-state index contributed by atoms with van der Waals surface area (Å²) in [6.07, 6.45) is 0.680. The van der Waals surface area contributed by atoms with Crippen LogP contribution in [0.5, 0.6) is 0 Å². The second kappa shape index (κ2) is 7.19. The molecule has 0 radical (unpaired) electrons. The molecule has 2 unspecified atom stereocenters. The second-order valence-corrected chi connectivity index (χ2v) is 5.66. The highest BCUT2D eigenvalue weighted by Crippen LogP contribution is 2.19. The van der Waals surface area contributed by atoms with E-state index in [1.54, 1.807) is 32.0 Å². The zero-order chi connectivity index (χ0) is 17.0. The summed E-state index contributed by atoms with van der Waals surface area (Å²) in [4.78, 5) is 30.9. The van der Waals surface area contributed by atoms with Gasteiger partial charge in [0.2, 0.25) is 5.91 Å². The first-order chi connectivity index (χ1) is 10.9. The van der Waals surface area contributed by atoms with Gasteiger partial charge >= 0.3 is 0 Å². The number of aromatic amines is 1. The van der Waals surface area contributed by atoms with E-state index < -0.39 is 0 Å². The van der Waals surface area contributed by atoms with Crippen LogP contribution in [0.1, 0.15) is 26.5 Å². The summed E-state index contributed by atoms with van der Waals surface area (Å²) >= 11 is 0. The van der Waals surface area contributed by atoms with Gasteiger partial charge in [0.1, 0.15) is 5.82 Å². The Labute approximate surface area is 135 Å². The van der Waals surface area contributed by atoms with E-state index in [0.29, 0.717) is 17.9 Å². The monoisotopic (exact) mass is 314 g/mol. The third-order valence-electron chi connectivity index (χ3n) is 3.76. The van der Waals surface area contributed by atoms with Gasteiger partial charge in [-0.3, -0.25) is 9.59 Å². The average Bonchev–Trinajstić information content (AvgIpc) is 2.53. The van der Waals surface area contributed by atoms with Gasteiger partial charge in [0.25, 0.3) is 5.56 Å². The number of hydrogen-bond donors (Lipinski definition) is 3. The van der Waals surface area contributed by atoms with Gasteiger partial charge in [-0.05, 0) is 25.5 Å². The Balaban J connectivity index is 2.28. The molecule has 2 aromatic rings. The summed E-state index contributed by atoms with van der Waals surface area (Å²) in [7, 11) is 0. The molecule has 0 aliphatic rings. The number of nitrogens with zero attached hydrogens (tertiary/aromatic N) is 1. The molecule has 1 aromatic carbocycles. The Bertz CT molecular complexity index is 752. The lowest BCUT2D eigenvalue weighted by molar-refractivity contribution is -0.119. The smallest absolute Gasteiger partial charge is 0.251 e. The predicted molar refractivity (Wildman–Crippen MR) is 91.1 cm³/mol. The van der Waals surface area contributed by atoms with Crippen molar-refractivity contribution < 1.29 is 4.79 Å². The van der Waals surface area contributed by atoms with E-state index in [4.69, 9.17) is 5.73 Å². The Morgan fingerprint density at radius 1 is 1.35 bits per heavy atom. The van der Waals surface area contributed by atoms with Crippen LogP contribution in [0.25, 0.3) is 11.4 Å². The van der Waals surface area contributed by atoms with Gasteiger partial charge in [0.05, 0.1) is 5.92 Å². The highest BCUT2D eigenvalue weighted by molar-refractivity contribution is 5.93. The van der Waals surface area contributed by atoms with Crippen LogP contribution in [0.2, 0.25) is 0 Å². The van der Waals surface area contributed by atoms with Crippen molar-refractivity contribution >= 4 is 11.6 Å². The van der Waals surface area contributed by atoms with Crippen LogP contribution in [-0.2, 0) is 11.2 Å². The number of aryl methyl sites for hydroxylation is 1. The van der Waals surface area contributed by atoms with Crippen molar-refractivity contribution in [1.29, 1.82) is 0 Å². The minimum atomic E-state index is -0.292. The molecule has 2 rings (SSSR count). The molecule has 0 spiro atoms. The van der Waals surface area contributed by atoms with Crippen molar-refractivity contribution in [2.75, 3.05) is 5.32 Å². The molecule has 1 amide bonds. The topological polar surface area (TPSA) is 101 Å². The van der Waals surface area contributed by atoms with Crippen molar-refractivity contribution in [1.82, 2.24) is 9.97 Å². The summed E-state index contributed by atoms with van der Waals surface area (Å²) < 4.78 is 0. The summed E-state index contributed by atoms with van der Waals surface area (Å²) in [5, 5.41) is 2.84. The molecule has 0 aliphatic carbocycles. The number of carbonyl (C=O) groups excluding carboxylic acids is 1. The minimum absolute atomic E-state index is 0.138. The first-order valence-corrected chi connectivity index (χ1v) is 7.67. The predicted octanol–water partition coefficient (Wildman–Crippen LogP) is 1.92. The fraction of sp³-hybridized carbons (Fsp3) is 0.353. The van der Waals surface area contributed by atoms with Crippen LogP contribution in [0.15, 0.2) is 35.1 Å². The van der Waals surface area contributed by atoms with E-state index in [0.717, 1.165) is 11.3 Å². The summed E-state index contributed by atoms with van der Waals surface area (Å²) in [6.45, 7) is 5.52. The fourth-order valence-corrected chi connectivity index (χ4v) is 2.06. The minimum Gasteiger partial charge on any atom is -0.327 e. The van der Waals surface area contributed by atoms with Gasteiger partial charge in [-0.1, -0.05) is 26.0 Å². The maximum atomic E-state index is 12.1. The Morgan fingerprint density at radius 3 is 2.74 bits per heavy atom. The van der Waals surface area contributed by atoms with Crippen LogP contribution in [0.4, 0.5) is 5.69 Å². The molecule has 0 saturated carbocycles. The van der Waals surface area contributed by atoms with Crippen LogP contribution in [0, 0.1) is 5.92 Å². The van der Waals surface area contributed by atoms with Gasteiger partial charge in [-0.15, -0.1) is 0 Å². The normalized spacial score (nSPS) is 13.4. The fourth-order valence-electron chi connectivity index (χ4n) is 2.06. The van der Waals surface area contributed by atoms with Gasteiger partial charge in [0.15, 0.2) is 0 Å². The van der Waals surface area contributed by atoms with E-state index in [1.165, 1.54) is 6.07 Å². The maximum Gasteiger partial charge on any atom is 0.251 e. The highest BCUT2D eigenvalue weighted by Gasteiger charge is 2.17. The number of nitrogens with two attached hydrogens (primary N) is 1. The number of nitrogens with one attached hydrogen (secondary N) is 2. The largest absolute Gasteiger partial charge is 0.327 e. The molecule has 0 aliphatic heterocycles. The van der Waals surface area contributed by atoms with Crippen LogP contribution in [0.3, 0.4) is 0 Å². The van der Waals surface area contributed by atoms with Gasteiger partial charge in [-0.2, -0.15) is 0 Å². The van der Waals surface area contributed by atoms with E-state index >= 15 is 0 Å². The van der Waals surface area contributed by atoms with E-state index in [1.807, 2.05) is 13.0 Å². The molecular formula is C17H22N4O2. The molecule has 6 nitrogen and oxygen atoms in total. The Morgan fingerprint density at radius 2 is 2.09 bits per heavy atom. The molecule has 1 aromatic heterocycles. The van der Waals surface area contributed by atoms with Crippen LogP contribution >= 0.6 is 0 Å². The highest BCUT2D eigenvalue weighted by atomic mass is 16.2. The average molecular weight is 314 g/mol. The third kappa shape index (κ3) is 4.26. The quantitative estimate of drug-likeness (QED) is 0.784. The number of rotatable bonds is 5. The zero-order valence-electron chi connectivity index (χ0n) is 13.6. The number of hydrogen-bond acceptors (Lipinski definition) is 4. The Hall–Kier alpha value is -2.47. The molecule has 23 heavy (non-hydrogen) atoms. The second-order valence-electron chi connectivity index (χ2n) is 5.66. The first-order valence-electron chi connectivity index (χ1n) is 7.67. The number of amides is 1. The zero-order valence-corrected chi connectivity index (χ0v) is 13.6. The van der Waals surface area contributed by atoms with Crippen molar-refractivity contribution in [3.05, 3.63) is 46.4 Å². The number of aromatic nitrogens is 2. The molecule has 4 N–H and O–H groups in total. The number of benzene rings is 1. The number of anilines is 1. The van der Waals surface area contributed by atoms with E-state index in [2.05, 4.69) is 15.3 Å². The van der Waals surface area contributed by atoms with Crippen molar-refractivity contribution in [3.63, 3.8) is 0 Å². The summed E-state index contributed by atoms with van der Waals surface area (Å²) in [6, 6.07) is 8.47. The molecule has 122 valence electrons. The molecule has 0 fully saturated rings. The Kier molecular flexibility index (Phi) is 5.28. The lowest BCUT2D eigenvalue weighted by Gasteiger charge is -2.15. The van der Waals surface area contributed by atoms with Crippen molar-refractivity contribution in [2.24, 2.45) is 11.7 Å². The van der Waals surface area contributed by atoms with E-state index in [-0.39, 0.29) is 23.4 Å². The molecular weight excluding hydrogens is 292 g/mol. The van der Waals surface area contributed by atoms with Crippen molar-refractivity contribution in [3.8, 4) is 11.4 Å². The first kappa shape index (κ1) is 16.9. The van der Waals surface area contributed by atoms with Gasteiger partial charge in [0, 0.05) is 29.1 Å². The number of carbonyl (C=O) groups is 1. The lowest BCUT2D eigenvalue weighted by atomic mass is 10.0. The lowest BCUT2D eigenvalue weighted by Crippen LogP contribution is -2.34. The van der Waals surface area contributed by atoms with Gasteiger partial charge < -0.3 is 16.0 Å². The van der Waals surface area contributed by atoms with Crippen LogP contribution < -0.4 is 16.6 Å². The third-order valence-corrected chi connectivity index (χ3v) is 3.76. The molecule has 0 bridgehead atoms. The van der Waals surface area contributed by atoms with Crippen LogP contribution in [-0.4, -0.2) is 21.9 Å². The summed E-state index contributed by atoms with van der Waals surface area (Å²) in [5.41, 5.74) is 7.67. The van der Waals surface area contributed by atoms with E-state index in [9.17, 15) is 9.59 Å². The SMILES string of the molecule is CCc1cc(=O)[nH]c(-c2cccc(NC(=O)C(C)C(C)N)c2)n1. The number of H-pyrrole nitrogens is 1. The summed E-state index contributed by atoms with van der Waals surface area (Å²) in [5.74, 6) is 0.0617. The van der Waals surface area contributed by atoms with Crippen molar-refractivity contribution in [2.45, 2.75) is 33.2 Å². The van der Waals surface area contributed by atoms with Gasteiger partial charge in [-0.25, -0.2) is 4.98 Å². The molecule has 0 saturated heterocycles. The molecule has 6 heteroatoms. The molecule has 2 atom stereocenters. The standard InChI is InChI=1S/C17H22N4O2/c1-4-13-9-15(22)21-16(19-13)12-6-5-7-14(8-12)20-17(23)10(2)11(3)18/h5-11H,4,18H2,1-3H3,(H,20,23)(H,19,21,22). The molecule has 1 heterocycles. The maximum absolute atomic E-state index is 12.1.